The third-order valence-corrected chi connectivity index (χ3v) is 2.31. The molecule has 10 heavy (non-hydrogen) atoms. The molecule has 0 spiro atoms. The van der Waals surface area contributed by atoms with Crippen LogP contribution in [0, 0.1) is 6.92 Å². The fourth-order valence-electron chi connectivity index (χ4n) is 0.952. The van der Waals surface area contributed by atoms with Crippen molar-refractivity contribution in [2.45, 2.75) is 26.7 Å². The van der Waals surface area contributed by atoms with E-state index in [0.29, 0.717) is 5.92 Å². The van der Waals surface area contributed by atoms with Gasteiger partial charge in [0.25, 0.3) is 0 Å². The Labute approximate surface area is 69.2 Å². The lowest BCUT2D eigenvalue weighted by molar-refractivity contribution is 0.804. The lowest BCUT2D eigenvalue weighted by Gasteiger charge is -1.99. The highest BCUT2D eigenvalue weighted by molar-refractivity contribution is 9.10. The summed E-state index contributed by atoms with van der Waals surface area (Å²) in [6.07, 6.45) is 0. The Bertz CT molecular complexity index is 228. The molecule has 1 aromatic heterocycles. The number of H-pyrrole nitrogens is 1. The molecule has 0 saturated heterocycles. The van der Waals surface area contributed by atoms with Crippen LogP contribution in [0.3, 0.4) is 0 Å². The largest absolute Gasteiger partial charge is 0.271 e. The molecule has 2 nitrogen and oxygen atoms in total. The minimum atomic E-state index is 0.502. The first-order valence-corrected chi connectivity index (χ1v) is 4.12. The molecule has 0 aromatic carbocycles. The van der Waals surface area contributed by atoms with Crippen LogP contribution in [0.15, 0.2) is 4.60 Å². The molecule has 3 heteroatoms. The fraction of sp³-hybridized carbons (Fsp3) is 0.571. The second kappa shape index (κ2) is 2.74. The Morgan fingerprint density at radius 1 is 1.50 bits per heavy atom. The number of rotatable bonds is 1. The maximum Gasteiger partial charge on any atom is 0.104 e. The predicted molar refractivity (Wildman–Crippen MR) is 45.1 cm³/mol. The van der Waals surface area contributed by atoms with Crippen molar-refractivity contribution in [2.24, 2.45) is 0 Å². The van der Waals surface area contributed by atoms with Crippen molar-refractivity contribution in [2.75, 3.05) is 0 Å². The minimum absolute atomic E-state index is 0.502. The van der Waals surface area contributed by atoms with Crippen molar-refractivity contribution < 1.29 is 0 Å². The third kappa shape index (κ3) is 1.24. The molecule has 1 aromatic rings. The number of nitrogens with zero attached hydrogens (tertiary/aromatic N) is 1. The summed E-state index contributed by atoms with van der Waals surface area (Å²) >= 11 is 3.37. The standard InChI is InChI=1S/C7H11BrN2/c1-4(2)6-5(3)7(8)10-9-6/h4H,1-3H3,(H,9,10). The van der Waals surface area contributed by atoms with Crippen molar-refractivity contribution in [3.63, 3.8) is 0 Å². The van der Waals surface area contributed by atoms with Crippen LogP contribution in [0.25, 0.3) is 0 Å². The van der Waals surface area contributed by atoms with Gasteiger partial charge in [-0.2, -0.15) is 5.10 Å². The number of aromatic nitrogens is 2. The molecule has 0 saturated carbocycles. The van der Waals surface area contributed by atoms with Gasteiger partial charge < -0.3 is 0 Å². The van der Waals surface area contributed by atoms with E-state index in [2.05, 4.69) is 46.9 Å². The molecule has 0 radical (unpaired) electrons. The molecule has 56 valence electrons. The van der Waals surface area contributed by atoms with E-state index in [4.69, 9.17) is 0 Å². The maximum atomic E-state index is 4.14. The van der Waals surface area contributed by atoms with E-state index in [9.17, 15) is 0 Å². The van der Waals surface area contributed by atoms with E-state index in [0.717, 1.165) is 10.3 Å². The summed E-state index contributed by atoms with van der Waals surface area (Å²) in [6.45, 7) is 6.33. The highest BCUT2D eigenvalue weighted by Gasteiger charge is 2.08. The van der Waals surface area contributed by atoms with Crippen LogP contribution in [0.2, 0.25) is 0 Å². The van der Waals surface area contributed by atoms with E-state index in [-0.39, 0.29) is 0 Å². The first-order valence-electron chi connectivity index (χ1n) is 3.33. The molecule has 0 atom stereocenters. The Morgan fingerprint density at radius 3 is 2.30 bits per heavy atom. The van der Waals surface area contributed by atoms with Gasteiger partial charge in [-0.3, -0.25) is 5.10 Å². The summed E-state index contributed by atoms with van der Waals surface area (Å²) in [7, 11) is 0. The Balaban J connectivity index is 3.05. The van der Waals surface area contributed by atoms with Crippen LogP contribution >= 0.6 is 15.9 Å². The van der Waals surface area contributed by atoms with Crippen LogP contribution in [-0.2, 0) is 0 Å². The zero-order valence-corrected chi connectivity index (χ0v) is 7.99. The van der Waals surface area contributed by atoms with Crippen LogP contribution < -0.4 is 0 Å². The monoisotopic (exact) mass is 202 g/mol. The summed E-state index contributed by atoms with van der Waals surface area (Å²) in [6, 6.07) is 0. The molecular weight excluding hydrogens is 192 g/mol. The molecule has 0 unspecified atom stereocenters. The molecule has 0 amide bonds. The van der Waals surface area contributed by atoms with Crippen LogP contribution in [0.1, 0.15) is 31.0 Å². The van der Waals surface area contributed by atoms with Gasteiger partial charge in [-0.25, -0.2) is 0 Å². The van der Waals surface area contributed by atoms with Gasteiger partial charge in [0.2, 0.25) is 0 Å². The number of aromatic amines is 1. The van der Waals surface area contributed by atoms with Gasteiger partial charge in [0.15, 0.2) is 0 Å². The summed E-state index contributed by atoms with van der Waals surface area (Å²) in [5.41, 5.74) is 2.36. The summed E-state index contributed by atoms with van der Waals surface area (Å²) in [4.78, 5) is 0. The van der Waals surface area contributed by atoms with E-state index >= 15 is 0 Å². The van der Waals surface area contributed by atoms with Gasteiger partial charge in [0.1, 0.15) is 4.60 Å². The fourth-order valence-corrected chi connectivity index (χ4v) is 1.24. The highest BCUT2D eigenvalue weighted by Crippen LogP contribution is 2.21. The molecular formula is C7H11BrN2. The van der Waals surface area contributed by atoms with E-state index < -0.39 is 0 Å². The van der Waals surface area contributed by atoms with Gasteiger partial charge in [0.05, 0.1) is 5.69 Å². The minimum Gasteiger partial charge on any atom is -0.271 e. The summed E-state index contributed by atoms with van der Waals surface area (Å²) in [5, 5.41) is 7.03. The maximum absolute atomic E-state index is 4.14. The van der Waals surface area contributed by atoms with Gasteiger partial charge >= 0.3 is 0 Å². The smallest absolute Gasteiger partial charge is 0.104 e. The Morgan fingerprint density at radius 2 is 2.10 bits per heavy atom. The zero-order valence-electron chi connectivity index (χ0n) is 6.40. The quantitative estimate of drug-likeness (QED) is 0.746. The van der Waals surface area contributed by atoms with E-state index in [1.165, 1.54) is 5.56 Å². The molecule has 0 aliphatic heterocycles. The van der Waals surface area contributed by atoms with Gasteiger partial charge in [0, 0.05) is 5.56 Å². The Kier molecular flexibility index (Phi) is 2.14. The molecule has 1 rings (SSSR count). The first-order chi connectivity index (χ1) is 4.63. The van der Waals surface area contributed by atoms with Crippen LogP contribution in [-0.4, -0.2) is 10.2 Å². The normalized spacial score (nSPS) is 10.9. The van der Waals surface area contributed by atoms with Crippen molar-refractivity contribution in [1.82, 2.24) is 10.2 Å². The first kappa shape index (κ1) is 7.79. The molecule has 0 aliphatic rings. The zero-order chi connectivity index (χ0) is 7.72. The lowest BCUT2D eigenvalue weighted by Crippen LogP contribution is -1.89. The molecule has 0 bridgehead atoms. The van der Waals surface area contributed by atoms with E-state index in [1.807, 2.05) is 0 Å². The average Bonchev–Trinajstić information content (AvgIpc) is 2.14. The second-order valence-electron chi connectivity index (χ2n) is 2.70. The van der Waals surface area contributed by atoms with Crippen molar-refractivity contribution >= 4 is 15.9 Å². The number of hydrogen-bond acceptors (Lipinski definition) is 1. The molecule has 0 aliphatic carbocycles. The van der Waals surface area contributed by atoms with Crippen molar-refractivity contribution in [1.29, 1.82) is 0 Å². The van der Waals surface area contributed by atoms with Gasteiger partial charge in [-0.15, -0.1) is 0 Å². The molecule has 0 fully saturated rings. The number of nitrogens with one attached hydrogen (secondary N) is 1. The van der Waals surface area contributed by atoms with Crippen LogP contribution in [0.5, 0.6) is 0 Å². The average molecular weight is 203 g/mol. The summed E-state index contributed by atoms with van der Waals surface area (Å²) < 4.78 is 0.996. The highest BCUT2D eigenvalue weighted by atomic mass is 79.9. The van der Waals surface area contributed by atoms with Crippen molar-refractivity contribution in [3.05, 3.63) is 15.9 Å². The number of hydrogen-bond donors (Lipinski definition) is 1. The second-order valence-corrected chi connectivity index (χ2v) is 3.50. The molecule has 1 N–H and O–H groups in total. The molecule has 1 heterocycles. The predicted octanol–water partition coefficient (Wildman–Crippen LogP) is 2.60. The third-order valence-electron chi connectivity index (χ3n) is 1.53. The lowest BCUT2D eigenvalue weighted by atomic mass is 10.1. The van der Waals surface area contributed by atoms with Crippen molar-refractivity contribution in [3.8, 4) is 0 Å². The van der Waals surface area contributed by atoms with Gasteiger partial charge in [-0.1, -0.05) is 13.8 Å². The van der Waals surface area contributed by atoms with Gasteiger partial charge in [-0.05, 0) is 28.8 Å². The summed E-state index contributed by atoms with van der Waals surface area (Å²) in [5.74, 6) is 0.502. The number of halogens is 1. The Hall–Kier alpha value is -0.310. The topological polar surface area (TPSA) is 28.7 Å². The SMILES string of the molecule is Cc1c(C(C)C)n[nH]c1Br. The van der Waals surface area contributed by atoms with Crippen LogP contribution in [0.4, 0.5) is 0 Å². The van der Waals surface area contributed by atoms with E-state index in [1.54, 1.807) is 0 Å².